The molecule has 2 N–H and O–H groups in total. The quantitative estimate of drug-likeness (QED) is 0.872. The van der Waals surface area contributed by atoms with E-state index in [1.54, 1.807) is 18.9 Å². The number of benzene rings is 1. The van der Waals surface area contributed by atoms with E-state index in [1.165, 1.54) is 6.26 Å². The van der Waals surface area contributed by atoms with Crippen LogP contribution in [0.15, 0.2) is 24.3 Å². The van der Waals surface area contributed by atoms with Crippen molar-refractivity contribution >= 4 is 21.6 Å². The van der Waals surface area contributed by atoms with Gasteiger partial charge in [-0.2, -0.15) is 11.8 Å². The van der Waals surface area contributed by atoms with Gasteiger partial charge in [0.15, 0.2) is 9.84 Å². The molecule has 1 aromatic carbocycles. The van der Waals surface area contributed by atoms with E-state index in [-0.39, 0.29) is 6.04 Å². The summed E-state index contributed by atoms with van der Waals surface area (Å²) in [6, 6.07) is 7.59. The monoisotopic (exact) mass is 330 g/mol. The Morgan fingerprint density at radius 2 is 2.10 bits per heavy atom. The maximum absolute atomic E-state index is 12.0. The van der Waals surface area contributed by atoms with Crippen molar-refractivity contribution in [1.29, 1.82) is 0 Å². The first-order chi connectivity index (χ1) is 9.97. The summed E-state index contributed by atoms with van der Waals surface area (Å²) < 4.78 is 29.2. The Labute approximate surface area is 130 Å². The highest BCUT2D eigenvalue weighted by Crippen LogP contribution is 2.30. The number of rotatable bonds is 5. The number of ether oxygens (including phenoxy) is 1. The molecule has 0 bridgehead atoms. The van der Waals surface area contributed by atoms with Crippen LogP contribution in [-0.4, -0.2) is 56.7 Å². The average molecular weight is 330 g/mol. The van der Waals surface area contributed by atoms with Gasteiger partial charge in [0.05, 0.1) is 7.11 Å². The second-order valence-electron chi connectivity index (χ2n) is 5.12. The normalized spacial score (nSPS) is 22.0. The molecule has 0 amide bonds. The molecule has 1 heterocycles. The lowest BCUT2D eigenvalue weighted by Crippen LogP contribution is -2.50. The summed E-state index contributed by atoms with van der Waals surface area (Å²) in [6.45, 7) is 1.12. The molecule has 0 radical (unpaired) electrons. The summed E-state index contributed by atoms with van der Waals surface area (Å²) >= 11 is 1.68. The fraction of sp³-hybridized carbons (Fsp3) is 0.571. The zero-order valence-corrected chi connectivity index (χ0v) is 14.0. The number of nitrogens with two attached hydrogens (primary N) is 1. The molecule has 7 heteroatoms. The standard InChI is InChI=1S/C14H22N2O3S2/c1-19-12-5-3-11(4-6-12)13(9-15)16-7-8-20-10-14(16)21(2,17)18/h3-6,13-14H,7-10,15H2,1-2H3. The van der Waals surface area contributed by atoms with Gasteiger partial charge in [0.1, 0.15) is 11.1 Å². The highest BCUT2D eigenvalue weighted by Gasteiger charge is 2.35. The Kier molecular flexibility index (Phi) is 5.54. The van der Waals surface area contributed by atoms with Crippen LogP contribution >= 0.6 is 11.8 Å². The summed E-state index contributed by atoms with van der Waals surface area (Å²) in [6.07, 6.45) is 1.30. The van der Waals surface area contributed by atoms with Gasteiger partial charge in [-0.15, -0.1) is 0 Å². The third-order valence-corrected chi connectivity index (χ3v) is 6.40. The average Bonchev–Trinajstić information content (AvgIpc) is 2.48. The summed E-state index contributed by atoms with van der Waals surface area (Å²) in [4.78, 5) is 2.02. The number of thioether (sulfide) groups is 1. The molecule has 1 aliphatic heterocycles. The van der Waals surface area contributed by atoms with Crippen molar-refractivity contribution in [2.45, 2.75) is 11.4 Å². The van der Waals surface area contributed by atoms with Crippen LogP contribution in [0, 0.1) is 0 Å². The van der Waals surface area contributed by atoms with Crippen LogP contribution < -0.4 is 10.5 Å². The van der Waals surface area contributed by atoms with E-state index in [4.69, 9.17) is 10.5 Å². The zero-order chi connectivity index (χ0) is 15.5. The number of nitrogens with zero attached hydrogens (tertiary/aromatic N) is 1. The van der Waals surface area contributed by atoms with Crippen molar-refractivity contribution in [2.24, 2.45) is 5.73 Å². The predicted molar refractivity (Wildman–Crippen MR) is 87.5 cm³/mol. The molecule has 1 fully saturated rings. The van der Waals surface area contributed by atoms with E-state index in [0.29, 0.717) is 12.3 Å². The van der Waals surface area contributed by atoms with Crippen molar-refractivity contribution in [3.05, 3.63) is 29.8 Å². The van der Waals surface area contributed by atoms with Crippen LogP contribution in [0.1, 0.15) is 11.6 Å². The minimum absolute atomic E-state index is 0.0865. The van der Waals surface area contributed by atoms with Gasteiger partial charge in [0, 0.05) is 36.9 Å². The van der Waals surface area contributed by atoms with Gasteiger partial charge >= 0.3 is 0 Å². The highest BCUT2D eigenvalue weighted by molar-refractivity contribution is 8.00. The van der Waals surface area contributed by atoms with Crippen molar-refractivity contribution in [3.8, 4) is 5.75 Å². The van der Waals surface area contributed by atoms with Crippen LogP contribution in [0.2, 0.25) is 0 Å². The second-order valence-corrected chi connectivity index (χ2v) is 8.47. The van der Waals surface area contributed by atoms with Gasteiger partial charge in [-0.25, -0.2) is 8.42 Å². The van der Waals surface area contributed by atoms with Gasteiger partial charge in [-0.05, 0) is 17.7 Å². The smallest absolute Gasteiger partial charge is 0.164 e. The molecule has 2 rings (SSSR count). The summed E-state index contributed by atoms with van der Waals surface area (Å²) in [5, 5.41) is -0.466. The third-order valence-electron chi connectivity index (χ3n) is 3.74. The Morgan fingerprint density at radius 1 is 1.43 bits per heavy atom. The molecule has 2 atom stereocenters. The van der Waals surface area contributed by atoms with Crippen LogP contribution in [0.4, 0.5) is 0 Å². The van der Waals surface area contributed by atoms with Gasteiger partial charge in [-0.3, -0.25) is 4.90 Å². The molecule has 0 aliphatic carbocycles. The van der Waals surface area contributed by atoms with Gasteiger partial charge in [-0.1, -0.05) is 12.1 Å². The fourth-order valence-electron chi connectivity index (χ4n) is 2.61. The summed E-state index contributed by atoms with van der Waals surface area (Å²) in [5.74, 6) is 2.31. The number of methoxy groups -OCH3 is 1. The van der Waals surface area contributed by atoms with E-state index in [0.717, 1.165) is 23.6 Å². The highest BCUT2D eigenvalue weighted by atomic mass is 32.2. The number of sulfone groups is 1. The van der Waals surface area contributed by atoms with E-state index >= 15 is 0 Å². The molecular weight excluding hydrogens is 308 g/mol. The Morgan fingerprint density at radius 3 is 2.62 bits per heavy atom. The Hall–Kier alpha value is -0.760. The van der Waals surface area contributed by atoms with Crippen LogP contribution in [-0.2, 0) is 9.84 Å². The Bertz CT molecular complexity index is 560. The first-order valence-electron chi connectivity index (χ1n) is 6.83. The molecule has 1 aromatic rings. The predicted octanol–water partition coefficient (Wildman–Crippen LogP) is 1.11. The van der Waals surface area contributed by atoms with E-state index in [2.05, 4.69) is 0 Å². The third kappa shape index (κ3) is 3.91. The second kappa shape index (κ2) is 7.00. The fourth-order valence-corrected chi connectivity index (χ4v) is 5.53. The van der Waals surface area contributed by atoms with Crippen molar-refractivity contribution in [3.63, 3.8) is 0 Å². The lowest BCUT2D eigenvalue weighted by atomic mass is 10.1. The number of hydrogen-bond donors (Lipinski definition) is 1. The number of hydrogen-bond acceptors (Lipinski definition) is 6. The molecule has 1 saturated heterocycles. The summed E-state index contributed by atoms with van der Waals surface area (Å²) in [5.41, 5.74) is 6.96. The maximum Gasteiger partial charge on any atom is 0.164 e. The molecule has 1 aliphatic rings. The summed E-state index contributed by atoms with van der Waals surface area (Å²) in [7, 11) is -1.50. The molecule has 0 saturated carbocycles. The molecule has 0 aromatic heterocycles. The van der Waals surface area contributed by atoms with E-state index < -0.39 is 15.2 Å². The first-order valence-corrected chi connectivity index (χ1v) is 9.94. The molecule has 21 heavy (non-hydrogen) atoms. The lowest BCUT2D eigenvalue weighted by Gasteiger charge is -2.39. The van der Waals surface area contributed by atoms with E-state index in [1.807, 2.05) is 29.2 Å². The van der Waals surface area contributed by atoms with Gasteiger partial charge in [0.25, 0.3) is 0 Å². The van der Waals surface area contributed by atoms with Gasteiger partial charge in [0.2, 0.25) is 0 Å². The Balaban J connectivity index is 2.29. The van der Waals surface area contributed by atoms with Crippen molar-refractivity contribution in [1.82, 2.24) is 4.90 Å². The minimum Gasteiger partial charge on any atom is -0.497 e. The SMILES string of the molecule is COc1ccc(C(CN)N2CCSCC2S(C)(=O)=O)cc1. The first kappa shape index (κ1) is 16.6. The van der Waals surface area contributed by atoms with Crippen LogP contribution in [0.3, 0.4) is 0 Å². The molecule has 5 nitrogen and oxygen atoms in total. The van der Waals surface area contributed by atoms with Crippen molar-refractivity contribution in [2.75, 3.05) is 38.0 Å². The van der Waals surface area contributed by atoms with Crippen molar-refractivity contribution < 1.29 is 13.2 Å². The van der Waals surface area contributed by atoms with Gasteiger partial charge < -0.3 is 10.5 Å². The minimum atomic E-state index is -3.13. The van der Waals surface area contributed by atoms with Crippen LogP contribution in [0.5, 0.6) is 5.75 Å². The zero-order valence-electron chi connectivity index (χ0n) is 12.4. The lowest BCUT2D eigenvalue weighted by molar-refractivity contribution is 0.198. The maximum atomic E-state index is 12.0. The largest absolute Gasteiger partial charge is 0.497 e. The van der Waals surface area contributed by atoms with Crippen LogP contribution in [0.25, 0.3) is 0 Å². The molecule has 2 unspecified atom stereocenters. The molecular formula is C14H22N2O3S2. The molecule has 0 spiro atoms. The molecule has 118 valence electrons. The topological polar surface area (TPSA) is 72.6 Å². The van der Waals surface area contributed by atoms with E-state index in [9.17, 15) is 8.42 Å².